The molecule has 1 amide bonds. The number of para-hydroxylation sites is 1. The number of carbonyl (C=O) groups excluding carboxylic acids is 2. The minimum atomic E-state index is -1.35. The number of carboxylic acid groups (broad SMARTS) is 1. The molecule has 1 aromatic heterocycles. The zero-order valence-electron chi connectivity index (χ0n) is 23.9. The Hall–Kier alpha value is -4.33. The number of benzene rings is 2. The van der Waals surface area contributed by atoms with Crippen molar-refractivity contribution < 1.29 is 24.2 Å². The van der Waals surface area contributed by atoms with E-state index in [0.29, 0.717) is 30.7 Å². The van der Waals surface area contributed by atoms with Crippen LogP contribution in [0.4, 0.5) is 4.79 Å². The molecular formula is C33H37N3O5. The minimum absolute atomic E-state index is 0.209. The molecule has 214 valence electrons. The highest BCUT2D eigenvalue weighted by Gasteiger charge is 2.26. The van der Waals surface area contributed by atoms with E-state index in [1.165, 1.54) is 0 Å². The number of nitrogens with zero attached hydrogens (tertiary/aromatic N) is 3. The topological polar surface area (TPSA) is 111 Å². The van der Waals surface area contributed by atoms with Crippen molar-refractivity contribution in [3.8, 4) is 16.9 Å². The van der Waals surface area contributed by atoms with Crippen molar-refractivity contribution in [1.82, 2.24) is 9.55 Å². The van der Waals surface area contributed by atoms with E-state index in [0.717, 1.165) is 60.3 Å². The molecule has 2 aromatic carbocycles. The van der Waals surface area contributed by atoms with Crippen LogP contribution in [0.5, 0.6) is 5.75 Å². The Morgan fingerprint density at radius 3 is 2.56 bits per heavy atom. The zero-order chi connectivity index (χ0) is 29.4. The van der Waals surface area contributed by atoms with Gasteiger partial charge in [-0.1, -0.05) is 69.7 Å². The van der Waals surface area contributed by atoms with E-state index in [-0.39, 0.29) is 23.5 Å². The summed E-state index contributed by atoms with van der Waals surface area (Å²) in [7, 11) is 0. The highest BCUT2D eigenvalue weighted by Crippen LogP contribution is 2.31. The number of fused-ring (bicyclic) bond motifs is 1. The zero-order valence-corrected chi connectivity index (χ0v) is 23.9. The van der Waals surface area contributed by atoms with Crippen LogP contribution in [0.2, 0.25) is 0 Å². The molecule has 8 nitrogen and oxygen atoms in total. The molecule has 1 aliphatic carbocycles. The maximum Gasteiger partial charge on any atom is 0.511 e. The lowest BCUT2D eigenvalue weighted by molar-refractivity contribution is -0.120. The lowest BCUT2D eigenvalue weighted by Gasteiger charge is -2.23. The molecule has 1 heterocycles. The number of aliphatic imine (C=N–C) groups is 1. The van der Waals surface area contributed by atoms with Crippen LogP contribution in [-0.4, -0.2) is 38.7 Å². The van der Waals surface area contributed by atoms with Crippen molar-refractivity contribution in [2.75, 3.05) is 0 Å². The van der Waals surface area contributed by atoms with E-state index >= 15 is 0 Å². The van der Waals surface area contributed by atoms with Crippen LogP contribution >= 0.6 is 0 Å². The predicted molar refractivity (Wildman–Crippen MR) is 159 cm³/mol. The van der Waals surface area contributed by atoms with Gasteiger partial charge in [0, 0.05) is 37.8 Å². The molecule has 0 fully saturated rings. The number of ether oxygens (including phenoxy) is 1. The van der Waals surface area contributed by atoms with Gasteiger partial charge < -0.3 is 19.2 Å². The van der Waals surface area contributed by atoms with Gasteiger partial charge in [-0.15, -0.1) is 0 Å². The molecule has 1 atom stereocenters. The van der Waals surface area contributed by atoms with Gasteiger partial charge in [-0.05, 0) is 47.6 Å². The van der Waals surface area contributed by atoms with Crippen LogP contribution in [0.3, 0.4) is 0 Å². The van der Waals surface area contributed by atoms with Crippen molar-refractivity contribution in [2.24, 2.45) is 10.4 Å². The van der Waals surface area contributed by atoms with E-state index in [4.69, 9.17) is 14.8 Å². The summed E-state index contributed by atoms with van der Waals surface area (Å²) in [5, 5.41) is 9.08. The largest absolute Gasteiger partial charge is 0.511 e. The highest BCUT2D eigenvalue weighted by molar-refractivity contribution is 6.07. The Bertz CT molecular complexity index is 1470. The molecule has 0 saturated carbocycles. The van der Waals surface area contributed by atoms with Gasteiger partial charge in [0.05, 0.1) is 17.1 Å². The molecule has 3 aromatic rings. The van der Waals surface area contributed by atoms with Gasteiger partial charge in [0.15, 0.2) is 0 Å². The summed E-state index contributed by atoms with van der Waals surface area (Å²) in [4.78, 5) is 44.4. The van der Waals surface area contributed by atoms with E-state index in [1.807, 2.05) is 62.4 Å². The lowest BCUT2D eigenvalue weighted by atomic mass is 9.81. The van der Waals surface area contributed by atoms with Gasteiger partial charge in [0.25, 0.3) is 0 Å². The lowest BCUT2D eigenvalue weighted by Crippen LogP contribution is -2.21. The fourth-order valence-corrected chi connectivity index (χ4v) is 5.04. The molecule has 1 N–H and O–H groups in total. The minimum Gasteiger partial charge on any atom is -0.449 e. The molecule has 8 heteroatoms. The molecule has 1 unspecified atom stereocenters. The van der Waals surface area contributed by atoms with Gasteiger partial charge in [0.2, 0.25) is 5.91 Å². The SMILES string of the molecule is CCCCc1nc2c(n1Cc1ccc(-c3ccccc3OC(=O)O)cc1)CC(=NC(=O)CC(C)(CC)CC=O)C=C2. The summed E-state index contributed by atoms with van der Waals surface area (Å²) in [6, 6.07) is 15.0. The first kappa shape index (κ1) is 29.6. The number of unbranched alkanes of at least 4 members (excludes halogenated alkanes) is 1. The molecule has 0 aliphatic heterocycles. The second-order valence-corrected chi connectivity index (χ2v) is 10.8. The summed E-state index contributed by atoms with van der Waals surface area (Å²) in [5.41, 5.74) is 4.87. The van der Waals surface area contributed by atoms with Gasteiger partial charge in [-0.2, -0.15) is 0 Å². The van der Waals surface area contributed by atoms with Crippen LogP contribution < -0.4 is 4.74 Å². The number of hydrogen-bond donors (Lipinski definition) is 1. The number of hydrogen-bond acceptors (Lipinski definition) is 5. The second-order valence-electron chi connectivity index (χ2n) is 10.8. The number of aryl methyl sites for hydroxylation is 1. The van der Waals surface area contributed by atoms with E-state index in [9.17, 15) is 14.4 Å². The van der Waals surface area contributed by atoms with Crippen LogP contribution in [0.15, 0.2) is 59.6 Å². The van der Waals surface area contributed by atoms with Gasteiger partial charge >= 0.3 is 6.16 Å². The Labute approximate surface area is 240 Å². The smallest absolute Gasteiger partial charge is 0.449 e. The molecule has 0 saturated heterocycles. The molecule has 4 rings (SSSR count). The maximum atomic E-state index is 12.8. The van der Waals surface area contributed by atoms with Crippen LogP contribution in [0.25, 0.3) is 17.2 Å². The third-order valence-electron chi connectivity index (χ3n) is 7.68. The summed E-state index contributed by atoms with van der Waals surface area (Å²) in [6.07, 6.45) is 8.06. The Morgan fingerprint density at radius 1 is 1.12 bits per heavy atom. The molecule has 0 bridgehead atoms. The first-order valence-corrected chi connectivity index (χ1v) is 14.1. The molecule has 41 heavy (non-hydrogen) atoms. The fraction of sp³-hybridized carbons (Fsp3) is 0.364. The van der Waals surface area contributed by atoms with Crippen molar-refractivity contribution in [1.29, 1.82) is 0 Å². The first-order chi connectivity index (χ1) is 19.7. The monoisotopic (exact) mass is 555 g/mol. The molecule has 0 radical (unpaired) electrons. The first-order valence-electron chi connectivity index (χ1n) is 14.1. The predicted octanol–water partition coefficient (Wildman–Crippen LogP) is 6.93. The Morgan fingerprint density at radius 2 is 1.88 bits per heavy atom. The number of aldehydes is 1. The number of amides is 1. The van der Waals surface area contributed by atoms with Crippen LogP contribution in [0, 0.1) is 5.41 Å². The Kier molecular flexibility index (Phi) is 9.65. The number of aromatic nitrogens is 2. The number of allylic oxidation sites excluding steroid dienone is 1. The van der Waals surface area contributed by atoms with Gasteiger partial charge in [-0.3, -0.25) is 4.79 Å². The van der Waals surface area contributed by atoms with E-state index in [1.54, 1.807) is 12.1 Å². The van der Waals surface area contributed by atoms with Crippen molar-refractivity contribution in [2.45, 2.75) is 72.3 Å². The van der Waals surface area contributed by atoms with Crippen molar-refractivity contribution in [3.63, 3.8) is 0 Å². The van der Waals surface area contributed by atoms with E-state index in [2.05, 4.69) is 16.5 Å². The van der Waals surface area contributed by atoms with Gasteiger partial charge in [0.1, 0.15) is 17.9 Å². The quantitative estimate of drug-likeness (QED) is 0.147. The van der Waals surface area contributed by atoms with Crippen molar-refractivity contribution >= 4 is 30.1 Å². The number of imidazole rings is 1. The van der Waals surface area contributed by atoms with Gasteiger partial charge in [-0.25, -0.2) is 14.8 Å². The fourth-order valence-electron chi connectivity index (χ4n) is 5.04. The third kappa shape index (κ3) is 7.45. The van der Waals surface area contributed by atoms with Crippen molar-refractivity contribution in [3.05, 3.63) is 77.4 Å². The molecule has 1 aliphatic rings. The third-order valence-corrected chi connectivity index (χ3v) is 7.68. The van der Waals surface area contributed by atoms with Crippen LogP contribution in [0.1, 0.15) is 75.7 Å². The summed E-state index contributed by atoms with van der Waals surface area (Å²) < 4.78 is 7.19. The standard InChI is InChI=1S/C33H37N3O5/c1-4-6-11-30-35-27-17-16-25(34-31(38)21-33(3,5-2)18-19-37)20-28(27)36(30)22-23-12-14-24(15-13-23)26-9-7-8-10-29(26)41-32(39)40/h7-10,12-17,19H,4-6,11,18,20-22H2,1-3H3,(H,39,40). The summed E-state index contributed by atoms with van der Waals surface area (Å²) in [5.74, 6) is 1.08. The molecule has 0 spiro atoms. The second kappa shape index (κ2) is 13.4. The highest BCUT2D eigenvalue weighted by atomic mass is 16.7. The average molecular weight is 556 g/mol. The Balaban J connectivity index is 1.58. The summed E-state index contributed by atoms with van der Waals surface area (Å²) >= 11 is 0. The van der Waals surface area contributed by atoms with E-state index < -0.39 is 6.16 Å². The normalized spacial score (nSPS) is 14.9. The number of rotatable bonds is 12. The maximum absolute atomic E-state index is 12.8. The number of carbonyl (C=O) groups is 3. The average Bonchev–Trinajstić information content (AvgIpc) is 3.28. The van der Waals surface area contributed by atoms with Crippen LogP contribution in [-0.2, 0) is 29.0 Å². The summed E-state index contributed by atoms with van der Waals surface area (Å²) in [6.45, 7) is 6.70. The molecular weight excluding hydrogens is 518 g/mol.